The maximum atomic E-state index is 5.94. The predicted octanol–water partition coefficient (Wildman–Crippen LogP) is 4.42. The zero-order chi connectivity index (χ0) is 14.9. The van der Waals surface area contributed by atoms with E-state index in [0.29, 0.717) is 11.8 Å². The van der Waals surface area contributed by atoms with E-state index >= 15 is 0 Å². The van der Waals surface area contributed by atoms with Crippen LogP contribution in [0.4, 0.5) is 5.88 Å². The molecule has 1 heterocycles. The smallest absolute Gasteiger partial charge is 0.230 e. The van der Waals surface area contributed by atoms with Gasteiger partial charge < -0.3 is 10.3 Å². The molecule has 3 nitrogen and oxygen atoms in total. The molecule has 3 heteroatoms. The SMILES string of the molecule is CC(C)Cc1noc(N)c1-c1ccc(C(C)(C)C)cc1. The Hall–Kier alpha value is -1.77. The molecule has 2 aromatic rings. The largest absolute Gasteiger partial charge is 0.367 e. The van der Waals surface area contributed by atoms with Crippen LogP contribution < -0.4 is 5.73 Å². The molecule has 0 spiro atoms. The Morgan fingerprint density at radius 1 is 1.15 bits per heavy atom. The van der Waals surface area contributed by atoms with Crippen LogP contribution in [0, 0.1) is 5.92 Å². The maximum Gasteiger partial charge on any atom is 0.230 e. The number of hydrogen-bond acceptors (Lipinski definition) is 3. The quantitative estimate of drug-likeness (QED) is 0.899. The Morgan fingerprint density at radius 2 is 1.75 bits per heavy atom. The fourth-order valence-electron chi connectivity index (χ4n) is 2.31. The highest BCUT2D eigenvalue weighted by Gasteiger charge is 2.18. The van der Waals surface area contributed by atoms with Gasteiger partial charge in [-0.2, -0.15) is 0 Å². The number of hydrogen-bond donors (Lipinski definition) is 1. The summed E-state index contributed by atoms with van der Waals surface area (Å²) in [6, 6.07) is 8.52. The third-order valence-electron chi connectivity index (χ3n) is 3.43. The van der Waals surface area contributed by atoms with Crippen molar-refractivity contribution in [3.8, 4) is 11.1 Å². The summed E-state index contributed by atoms with van der Waals surface area (Å²) < 4.78 is 5.18. The lowest BCUT2D eigenvalue weighted by Crippen LogP contribution is -2.10. The molecular formula is C17H24N2O. The monoisotopic (exact) mass is 272 g/mol. The number of nitrogens with two attached hydrogens (primary N) is 1. The zero-order valence-electron chi connectivity index (χ0n) is 13.0. The Bertz CT molecular complexity index is 574. The molecule has 0 aliphatic heterocycles. The lowest BCUT2D eigenvalue weighted by molar-refractivity contribution is 0.422. The number of nitrogens with zero attached hydrogens (tertiary/aromatic N) is 1. The normalized spacial score (nSPS) is 12.1. The van der Waals surface area contributed by atoms with Gasteiger partial charge in [0.2, 0.25) is 5.88 Å². The summed E-state index contributed by atoms with van der Waals surface area (Å²) in [5, 5.41) is 4.10. The topological polar surface area (TPSA) is 52.0 Å². The number of benzene rings is 1. The van der Waals surface area contributed by atoms with Crippen molar-refractivity contribution in [1.82, 2.24) is 5.16 Å². The van der Waals surface area contributed by atoms with E-state index in [4.69, 9.17) is 10.3 Å². The van der Waals surface area contributed by atoms with Gasteiger partial charge in [-0.05, 0) is 28.9 Å². The summed E-state index contributed by atoms with van der Waals surface area (Å²) in [4.78, 5) is 0. The van der Waals surface area contributed by atoms with Crippen molar-refractivity contribution in [2.75, 3.05) is 5.73 Å². The summed E-state index contributed by atoms with van der Waals surface area (Å²) in [5.74, 6) is 0.927. The highest BCUT2D eigenvalue weighted by atomic mass is 16.5. The van der Waals surface area contributed by atoms with E-state index in [1.165, 1.54) is 5.56 Å². The van der Waals surface area contributed by atoms with Crippen LogP contribution in [0.3, 0.4) is 0 Å². The number of aromatic nitrogens is 1. The summed E-state index contributed by atoms with van der Waals surface area (Å²) in [5.41, 5.74) is 10.4. The first-order valence-electron chi connectivity index (χ1n) is 7.14. The molecule has 0 unspecified atom stereocenters. The van der Waals surface area contributed by atoms with E-state index in [1.807, 2.05) is 0 Å². The van der Waals surface area contributed by atoms with Crippen molar-refractivity contribution >= 4 is 5.88 Å². The van der Waals surface area contributed by atoms with Crippen molar-refractivity contribution in [1.29, 1.82) is 0 Å². The minimum absolute atomic E-state index is 0.152. The second kappa shape index (κ2) is 5.31. The second-order valence-corrected chi connectivity index (χ2v) is 6.79. The number of nitrogen functional groups attached to an aromatic ring is 1. The molecule has 0 radical (unpaired) electrons. The van der Waals surface area contributed by atoms with Gasteiger partial charge >= 0.3 is 0 Å². The summed E-state index contributed by atoms with van der Waals surface area (Å²) in [7, 11) is 0. The molecular weight excluding hydrogens is 248 g/mol. The molecule has 108 valence electrons. The molecule has 0 saturated carbocycles. The van der Waals surface area contributed by atoms with Gasteiger partial charge in [0.1, 0.15) is 0 Å². The van der Waals surface area contributed by atoms with Crippen LogP contribution in [0.25, 0.3) is 11.1 Å². The zero-order valence-corrected chi connectivity index (χ0v) is 13.0. The minimum atomic E-state index is 0.152. The van der Waals surface area contributed by atoms with Crippen molar-refractivity contribution in [2.45, 2.75) is 46.5 Å². The molecule has 0 aliphatic carbocycles. The Morgan fingerprint density at radius 3 is 2.25 bits per heavy atom. The van der Waals surface area contributed by atoms with Crippen molar-refractivity contribution in [3.63, 3.8) is 0 Å². The first-order chi connectivity index (χ1) is 9.29. The average molecular weight is 272 g/mol. The molecule has 0 atom stereocenters. The Balaban J connectivity index is 2.39. The molecule has 1 aromatic heterocycles. The molecule has 0 saturated heterocycles. The fourth-order valence-corrected chi connectivity index (χ4v) is 2.31. The van der Waals surface area contributed by atoms with Gasteiger partial charge in [0.15, 0.2) is 0 Å². The van der Waals surface area contributed by atoms with Crippen LogP contribution in [-0.4, -0.2) is 5.16 Å². The van der Waals surface area contributed by atoms with Crippen LogP contribution >= 0.6 is 0 Å². The van der Waals surface area contributed by atoms with Crippen LogP contribution in [0.2, 0.25) is 0 Å². The standard InChI is InChI=1S/C17H24N2O/c1-11(2)10-14-15(16(18)20-19-14)12-6-8-13(9-7-12)17(3,4)5/h6-9,11H,10,18H2,1-5H3. The Labute approximate surface area is 121 Å². The number of anilines is 1. The van der Waals surface area contributed by atoms with Crippen molar-refractivity contribution in [3.05, 3.63) is 35.5 Å². The molecule has 0 bridgehead atoms. The highest BCUT2D eigenvalue weighted by Crippen LogP contribution is 2.32. The molecule has 2 rings (SSSR count). The third-order valence-corrected chi connectivity index (χ3v) is 3.43. The number of rotatable bonds is 3. The molecule has 1 aromatic carbocycles. The van der Waals surface area contributed by atoms with E-state index in [2.05, 4.69) is 64.0 Å². The van der Waals surface area contributed by atoms with Gasteiger partial charge in [-0.1, -0.05) is 64.0 Å². The van der Waals surface area contributed by atoms with Crippen molar-refractivity contribution < 1.29 is 4.52 Å². The first-order valence-corrected chi connectivity index (χ1v) is 7.14. The van der Waals surface area contributed by atoms with E-state index < -0.39 is 0 Å². The van der Waals surface area contributed by atoms with Gasteiger partial charge in [-0.25, -0.2) is 0 Å². The molecule has 0 amide bonds. The molecule has 20 heavy (non-hydrogen) atoms. The molecule has 0 aliphatic rings. The van der Waals surface area contributed by atoms with Crippen LogP contribution in [-0.2, 0) is 11.8 Å². The van der Waals surface area contributed by atoms with Crippen LogP contribution in [0.5, 0.6) is 0 Å². The molecule has 0 fully saturated rings. The summed E-state index contributed by atoms with van der Waals surface area (Å²) in [6.45, 7) is 11.0. The highest BCUT2D eigenvalue weighted by molar-refractivity contribution is 5.75. The fraction of sp³-hybridized carbons (Fsp3) is 0.471. The first kappa shape index (κ1) is 14.6. The van der Waals surface area contributed by atoms with E-state index in [-0.39, 0.29) is 5.41 Å². The van der Waals surface area contributed by atoms with Crippen molar-refractivity contribution in [2.24, 2.45) is 5.92 Å². The predicted molar refractivity (Wildman–Crippen MR) is 83.6 cm³/mol. The van der Waals surface area contributed by atoms with E-state index in [0.717, 1.165) is 23.2 Å². The van der Waals surface area contributed by atoms with Gasteiger partial charge in [-0.3, -0.25) is 0 Å². The Kier molecular flexibility index (Phi) is 3.89. The van der Waals surface area contributed by atoms with Crippen LogP contribution in [0.1, 0.15) is 45.9 Å². The van der Waals surface area contributed by atoms with Gasteiger partial charge in [0, 0.05) is 0 Å². The maximum absolute atomic E-state index is 5.94. The lowest BCUT2D eigenvalue weighted by Gasteiger charge is -2.19. The minimum Gasteiger partial charge on any atom is -0.367 e. The summed E-state index contributed by atoms with van der Waals surface area (Å²) >= 11 is 0. The third kappa shape index (κ3) is 3.03. The van der Waals surface area contributed by atoms with Gasteiger partial charge in [0.05, 0.1) is 11.3 Å². The van der Waals surface area contributed by atoms with Crippen LogP contribution in [0.15, 0.2) is 28.8 Å². The van der Waals surface area contributed by atoms with E-state index in [1.54, 1.807) is 0 Å². The summed E-state index contributed by atoms with van der Waals surface area (Å²) in [6.07, 6.45) is 0.872. The average Bonchev–Trinajstić information content (AvgIpc) is 2.69. The second-order valence-electron chi connectivity index (χ2n) is 6.79. The lowest BCUT2D eigenvalue weighted by atomic mass is 9.86. The van der Waals surface area contributed by atoms with Gasteiger partial charge in [-0.15, -0.1) is 0 Å². The van der Waals surface area contributed by atoms with Gasteiger partial charge in [0.25, 0.3) is 0 Å². The molecule has 2 N–H and O–H groups in total. The van der Waals surface area contributed by atoms with E-state index in [9.17, 15) is 0 Å².